The maximum atomic E-state index is 13.1. The highest BCUT2D eigenvalue weighted by molar-refractivity contribution is 9.10. The molecule has 0 spiro atoms. The highest BCUT2D eigenvalue weighted by Gasteiger charge is 2.44. The van der Waals surface area contributed by atoms with Gasteiger partial charge in [0, 0.05) is 41.8 Å². The molecule has 1 aromatic heterocycles. The van der Waals surface area contributed by atoms with Gasteiger partial charge >= 0.3 is 0 Å². The van der Waals surface area contributed by atoms with Gasteiger partial charge in [0.25, 0.3) is 11.8 Å². The first kappa shape index (κ1) is 22.3. The van der Waals surface area contributed by atoms with E-state index in [0.29, 0.717) is 11.1 Å². The predicted molar refractivity (Wildman–Crippen MR) is 127 cm³/mol. The number of anilines is 1. The number of piperidine rings is 2. The molecule has 1 unspecified atom stereocenters. The van der Waals surface area contributed by atoms with Crippen molar-refractivity contribution in [1.29, 1.82) is 0 Å². The van der Waals surface area contributed by atoms with E-state index in [1.807, 2.05) is 18.2 Å². The molecule has 172 valence electrons. The zero-order valence-corrected chi connectivity index (χ0v) is 19.8. The summed E-state index contributed by atoms with van der Waals surface area (Å²) in [6, 6.07) is 8.08. The topological polar surface area (TPSA) is 99.7 Å². The van der Waals surface area contributed by atoms with Crippen LogP contribution in [0.5, 0.6) is 0 Å². The number of carbonyl (C=O) groups excluding carboxylic acids is 4. The van der Waals surface area contributed by atoms with E-state index in [1.165, 1.54) is 0 Å². The molecule has 0 saturated carbocycles. The molecule has 9 heteroatoms. The van der Waals surface area contributed by atoms with Crippen molar-refractivity contribution in [1.82, 2.24) is 15.2 Å². The van der Waals surface area contributed by atoms with Crippen molar-refractivity contribution < 1.29 is 19.2 Å². The number of fused-ring (bicyclic) bond motifs is 1. The molecule has 1 aromatic carbocycles. The molecular formula is C25H21BrN4O4. The third-order valence-corrected chi connectivity index (χ3v) is 6.88. The van der Waals surface area contributed by atoms with Crippen LogP contribution in [0.2, 0.25) is 0 Å². The van der Waals surface area contributed by atoms with Gasteiger partial charge in [-0.15, -0.1) is 0 Å². The standard InChI is InChI=1S/C25H21BrN4O4/c26-16-2-4-17(27-14-16)3-1-15-9-11-29(12-10-15)18-5-6-19-20(13-18)25(34)30(24(19)33)21-7-8-22(31)28-23(21)32/h2,4-6,13-15,21H,7-12H2,(H,28,31,32). The van der Waals surface area contributed by atoms with Crippen LogP contribution in [0.25, 0.3) is 0 Å². The Kier molecular flexibility index (Phi) is 5.92. The van der Waals surface area contributed by atoms with Crippen molar-refractivity contribution in [3.05, 3.63) is 57.8 Å². The predicted octanol–water partition coefficient (Wildman–Crippen LogP) is 2.51. The zero-order valence-electron chi connectivity index (χ0n) is 18.2. The van der Waals surface area contributed by atoms with Gasteiger partial charge in [0.05, 0.1) is 11.1 Å². The van der Waals surface area contributed by atoms with Gasteiger partial charge in [0.2, 0.25) is 11.8 Å². The summed E-state index contributed by atoms with van der Waals surface area (Å²) in [6.07, 6.45) is 3.75. The van der Waals surface area contributed by atoms with E-state index in [2.05, 4.69) is 43.0 Å². The van der Waals surface area contributed by atoms with Crippen LogP contribution in [0.15, 0.2) is 41.0 Å². The second-order valence-electron chi connectivity index (χ2n) is 8.57. The van der Waals surface area contributed by atoms with Crippen molar-refractivity contribution in [2.45, 2.75) is 31.7 Å². The summed E-state index contributed by atoms with van der Waals surface area (Å²) in [5, 5.41) is 2.22. The Bertz CT molecular complexity index is 1260. The van der Waals surface area contributed by atoms with Crippen LogP contribution >= 0.6 is 15.9 Å². The molecule has 4 heterocycles. The van der Waals surface area contributed by atoms with Crippen LogP contribution in [0.1, 0.15) is 52.1 Å². The van der Waals surface area contributed by atoms with Gasteiger partial charge in [-0.2, -0.15) is 0 Å². The molecule has 1 atom stereocenters. The average molecular weight is 521 g/mol. The fourth-order valence-corrected chi connectivity index (χ4v) is 4.80. The molecule has 4 amide bonds. The van der Waals surface area contributed by atoms with E-state index in [4.69, 9.17) is 0 Å². The molecule has 0 radical (unpaired) electrons. The lowest BCUT2D eigenvalue weighted by Gasteiger charge is -2.31. The zero-order chi connectivity index (χ0) is 23.8. The van der Waals surface area contributed by atoms with Gasteiger partial charge in [-0.3, -0.25) is 29.4 Å². The van der Waals surface area contributed by atoms with Crippen LogP contribution in [-0.4, -0.2) is 52.6 Å². The number of pyridine rings is 1. The summed E-state index contributed by atoms with van der Waals surface area (Å²) >= 11 is 3.37. The number of hydrogen-bond donors (Lipinski definition) is 1. The summed E-state index contributed by atoms with van der Waals surface area (Å²) in [6.45, 7) is 1.57. The molecule has 0 aliphatic carbocycles. The number of amides is 4. The molecule has 0 bridgehead atoms. The molecule has 3 aliphatic heterocycles. The molecule has 2 aromatic rings. The van der Waals surface area contributed by atoms with Crippen LogP contribution in [0.4, 0.5) is 5.69 Å². The molecule has 2 saturated heterocycles. The van der Waals surface area contributed by atoms with Crippen molar-refractivity contribution in [2.75, 3.05) is 18.0 Å². The summed E-state index contributed by atoms with van der Waals surface area (Å²) in [4.78, 5) is 57.1. The van der Waals surface area contributed by atoms with Gasteiger partial charge in [-0.25, -0.2) is 4.98 Å². The monoisotopic (exact) mass is 520 g/mol. The lowest BCUT2D eigenvalue weighted by molar-refractivity contribution is -0.136. The van der Waals surface area contributed by atoms with E-state index in [9.17, 15) is 19.2 Å². The van der Waals surface area contributed by atoms with Crippen LogP contribution in [-0.2, 0) is 9.59 Å². The highest BCUT2D eigenvalue weighted by Crippen LogP contribution is 2.32. The molecule has 3 aliphatic rings. The quantitative estimate of drug-likeness (QED) is 0.482. The first-order chi connectivity index (χ1) is 16.4. The Morgan fingerprint density at radius 3 is 2.44 bits per heavy atom. The minimum absolute atomic E-state index is 0.102. The normalized spacial score (nSPS) is 20.7. The maximum absolute atomic E-state index is 13.1. The molecule has 34 heavy (non-hydrogen) atoms. The number of benzene rings is 1. The summed E-state index contributed by atoms with van der Waals surface area (Å²) in [5.41, 5.74) is 2.20. The van der Waals surface area contributed by atoms with E-state index in [0.717, 1.165) is 46.7 Å². The van der Waals surface area contributed by atoms with Crippen molar-refractivity contribution in [3.8, 4) is 11.8 Å². The van der Waals surface area contributed by atoms with E-state index >= 15 is 0 Å². The Balaban J connectivity index is 1.27. The third-order valence-electron chi connectivity index (χ3n) is 6.42. The lowest BCUT2D eigenvalue weighted by Crippen LogP contribution is -2.54. The molecule has 5 rings (SSSR count). The minimum atomic E-state index is -0.955. The first-order valence-electron chi connectivity index (χ1n) is 11.1. The Morgan fingerprint density at radius 1 is 0.971 bits per heavy atom. The molecule has 2 fully saturated rings. The summed E-state index contributed by atoms with van der Waals surface area (Å²) in [5.74, 6) is 4.75. The molecule has 1 N–H and O–H groups in total. The van der Waals surface area contributed by atoms with Crippen molar-refractivity contribution in [3.63, 3.8) is 0 Å². The second-order valence-corrected chi connectivity index (χ2v) is 9.49. The van der Waals surface area contributed by atoms with Crippen LogP contribution in [0, 0.1) is 17.8 Å². The van der Waals surface area contributed by atoms with E-state index in [-0.39, 0.29) is 24.7 Å². The first-order valence-corrected chi connectivity index (χ1v) is 11.9. The average Bonchev–Trinajstić information content (AvgIpc) is 3.08. The van der Waals surface area contributed by atoms with Gasteiger partial charge in [-0.1, -0.05) is 5.92 Å². The van der Waals surface area contributed by atoms with Crippen LogP contribution < -0.4 is 10.2 Å². The SMILES string of the molecule is O=C1CCC(N2C(=O)c3ccc(N4CCC(C#Cc5ccc(Br)cn5)CC4)cc3C2=O)C(=O)N1. The fraction of sp³-hybridized carbons (Fsp3) is 0.320. The van der Waals surface area contributed by atoms with Crippen molar-refractivity contribution >= 4 is 45.2 Å². The van der Waals surface area contributed by atoms with Gasteiger partial charge < -0.3 is 4.90 Å². The van der Waals surface area contributed by atoms with Crippen LogP contribution in [0.3, 0.4) is 0 Å². The smallest absolute Gasteiger partial charge is 0.262 e. The number of rotatable bonds is 2. The minimum Gasteiger partial charge on any atom is -0.371 e. The Hall–Kier alpha value is -3.51. The number of nitrogens with zero attached hydrogens (tertiary/aromatic N) is 3. The number of nitrogens with one attached hydrogen (secondary N) is 1. The fourth-order valence-electron chi connectivity index (χ4n) is 4.56. The van der Waals surface area contributed by atoms with Crippen molar-refractivity contribution in [2.24, 2.45) is 5.92 Å². The van der Waals surface area contributed by atoms with E-state index in [1.54, 1.807) is 18.3 Å². The largest absolute Gasteiger partial charge is 0.371 e. The number of hydrogen-bond acceptors (Lipinski definition) is 6. The lowest BCUT2D eigenvalue weighted by atomic mass is 9.96. The third kappa shape index (κ3) is 4.21. The number of imide groups is 2. The van der Waals surface area contributed by atoms with Gasteiger partial charge in [0.1, 0.15) is 11.7 Å². The number of carbonyl (C=O) groups is 4. The van der Waals surface area contributed by atoms with Gasteiger partial charge in [0.15, 0.2) is 0 Å². The summed E-state index contributed by atoms with van der Waals surface area (Å²) < 4.78 is 0.918. The maximum Gasteiger partial charge on any atom is 0.262 e. The Morgan fingerprint density at radius 2 is 1.74 bits per heavy atom. The summed E-state index contributed by atoms with van der Waals surface area (Å²) in [7, 11) is 0. The van der Waals surface area contributed by atoms with Gasteiger partial charge in [-0.05, 0) is 71.4 Å². The number of aromatic nitrogens is 1. The molecular weight excluding hydrogens is 500 g/mol. The van der Waals surface area contributed by atoms with E-state index < -0.39 is 23.8 Å². The number of halogens is 1. The second kappa shape index (κ2) is 9.03. The highest BCUT2D eigenvalue weighted by atomic mass is 79.9. The molecule has 8 nitrogen and oxygen atoms in total. The Labute approximate surface area is 204 Å².